The monoisotopic (exact) mass is 140 g/mol. The highest BCUT2D eigenvalue weighted by Crippen LogP contribution is 2.40. The second-order valence-electron chi connectivity index (χ2n) is 3.57. The summed E-state index contributed by atoms with van der Waals surface area (Å²) in [6, 6.07) is 0. The van der Waals surface area contributed by atoms with Crippen molar-refractivity contribution in [2.24, 2.45) is 17.8 Å². The lowest BCUT2D eigenvalue weighted by Crippen LogP contribution is -2.08. The molecular formula is C8H12O2. The summed E-state index contributed by atoms with van der Waals surface area (Å²) >= 11 is 0. The molecule has 1 saturated carbocycles. The first-order chi connectivity index (χ1) is 4.77. The molecule has 2 fully saturated rings. The molecule has 2 rings (SSSR count). The van der Waals surface area contributed by atoms with Crippen LogP contribution in [0.4, 0.5) is 0 Å². The van der Waals surface area contributed by atoms with Crippen LogP contribution in [0.15, 0.2) is 0 Å². The second-order valence-corrected chi connectivity index (χ2v) is 3.57. The molecule has 3 atom stereocenters. The summed E-state index contributed by atoms with van der Waals surface area (Å²) in [6.07, 6.45) is 2.25. The molecule has 0 radical (unpaired) electrons. The average molecular weight is 140 g/mol. The van der Waals surface area contributed by atoms with Crippen LogP contribution in [0.3, 0.4) is 0 Å². The fourth-order valence-electron chi connectivity index (χ4n) is 2.17. The van der Waals surface area contributed by atoms with Gasteiger partial charge in [0.25, 0.3) is 0 Å². The van der Waals surface area contributed by atoms with Crippen molar-refractivity contribution >= 4 is 5.97 Å². The van der Waals surface area contributed by atoms with E-state index in [4.69, 9.17) is 4.74 Å². The van der Waals surface area contributed by atoms with Crippen molar-refractivity contribution < 1.29 is 9.53 Å². The summed E-state index contributed by atoms with van der Waals surface area (Å²) in [5, 5.41) is 0. The van der Waals surface area contributed by atoms with E-state index in [0.717, 1.165) is 12.3 Å². The van der Waals surface area contributed by atoms with Gasteiger partial charge >= 0.3 is 5.97 Å². The molecule has 1 heterocycles. The minimum absolute atomic E-state index is 0.0503. The zero-order valence-corrected chi connectivity index (χ0v) is 6.17. The molecule has 56 valence electrons. The van der Waals surface area contributed by atoms with Gasteiger partial charge in [-0.3, -0.25) is 4.79 Å². The van der Waals surface area contributed by atoms with Gasteiger partial charge in [-0.1, -0.05) is 6.92 Å². The Hall–Kier alpha value is -0.530. The number of hydrogen-bond donors (Lipinski definition) is 0. The van der Waals surface area contributed by atoms with Crippen molar-refractivity contribution in [2.75, 3.05) is 6.61 Å². The number of esters is 1. The Balaban J connectivity index is 2.12. The summed E-state index contributed by atoms with van der Waals surface area (Å²) in [7, 11) is 0. The number of carbonyl (C=O) groups excluding carboxylic acids is 1. The maximum absolute atomic E-state index is 11.0. The predicted octanol–water partition coefficient (Wildman–Crippen LogP) is 1.21. The highest BCUT2D eigenvalue weighted by Gasteiger charge is 2.42. The van der Waals surface area contributed by atoms with Crippen molar-refractivity contribution in [2.45, 2.75) is 19.8 Å². The molecule has 0 bridgehead atoms. The molecule has 1 aliphatic carbocycles. The number of ether oxygens (including phenoxy) is 1. The Kier molecular flexibility index (Phi) is 1.22. The zero-order valence-electron chi connectivity index (χ0n) is 6.17. The molecule has 2 aliphatic rings. The molecule has 10 heavy (non-hydrogen) atoms. The van der Waals surface area contributed by atoms with Gasteiger partial charge in [0.2, 0.25) is 0 Å². The van der Waals surface area contributed by atoms with E-state index in [2.05, 4.69) is 6.92 Å². The van der Waals surface area contributed by atoms with Gasteiger partial charge in [-0.05, 0) is 18.8 Å². The summed E-state index contributed by atoms with van der Waals surface area (Å²) in [4.78, 5) is 11.0. The predicted molar refractivity (Wildman–Crippen MR) is 36.3 cm³/mol. The third kappa shape index (κ3) is 0.746. The molecule has 0 spiro atoms. The van der Waals surface area contributed by atoms with Gasteiger partial charge in [0.1, 0.15) is 0 Å². The molecule has 0 amide bonds. The van der Waals surface area contributed by atoms with Gasteiger partial charge in [0.05, 0.1) is 12.5 Å². The average Bonchev–Trinajstić information content (AvgIpc) is 2.35. The SMILES string of the molecule is C[C@H]1CC2COC(=O)C2C1. The van der Waals surface area contributed by atoms with Crippen LogP contribution in [0.2, 0.25) is 0 Å². The van der Waals surface area contributed by atoms with E-state index in [1.165, 1.54) is 6.42 Å². The molecule has 0 aromatic heterocycles. The Labute approximate surface area is 60.6 Å². The van der Waals surface area contributed by atoms with Gasteiger partial charge < -0.3 is 4.74 Å². The Morgan fingerprint density at radius 1 is 1.50 bits per heavy atom. The number of hydrogen-bond acceptors (Lipinski definition) is 2. The van der Waals surface area contributed by atoms with Crippen molar-refractivity contribution in [3.05, 3.63) is 0 Å². The number of fused-ring (bicyclic) bond motifs is 1. The van der Waals surface area contributed by atoms with Crippen LogP contribution in [0.25, 0.3) is 0 Å². The van der Waals surface area contributed by atoms with E-state index in [1.807, 2.05) is 0 Å². The van der Waals surface area contributed by atoms with E-state index in [0.29, 0.717) is 12.5 Å². The van der Waals surface area contributed by atoms with Crippen LogP contribution in [0.5, 0.6) is 0 Å². The Morgan fingerprint density at radius 2 is 2.30 bits per heavy atom. The Morgan fingerprint density at radius 3 is 3.00 bits per heavy atom. The van der Waals surface area contributed by atoms with Crippen molar-refractivity contribution in [3.63, 3.8) is 0 Å². The highest BCUT2D eigenvalue weighted by atomic mass is 16.5. The topological polar surface area (TPSA) is 26.3 Å². The van der Waals surface area contributed by atoms with E-state index < -0.39 is 0 Å². The van der Waals surface area contributed by atoms with E-state index in [9.17, 15) is 4.79 Å². The van der Waals surface area contributed by atoms with Crippen LogP contribution in [-0.4, -0.2) is 12.6 Å². The lowest BCUT2D eigenvalue weighted by atomic mass is 10.0. The third-order valence-corrected chi connectivity index (χ3v) is 2.67. The van der Waals surface area contributed by atoms with Gasteiger partial charge in [-0.25, -0.2) is 0 Å². The van der Waals surface area contributed by atoms with Gasteiger partial charge in [0.15, 0.2) is 0 Å². The van der Waals surface area contributed by atoms with Crippen molar-refractivity contribution in [1.82, 2.24) is 0 Å². The largest absolute Gasteiger partial charge is 0.465 e. The van der Waals surface area contributed by atoms with Crippen LogP contribution in [0, 0.1) is 17.8 Å². The van der Waals surface area contributed by atoms with Crippen molar-refractivity contribution in [1.29, 1.82) is 0 Å². The first kappa shape index (κ1) is 6.20. The summed E-state index contributed by atoms with van der Waals surface area (Å²) in [6.45, 7) is 2.90. The third-order valence-electron chi connectivity index (χ3n) is 2.67. The molecular weight excluding hydrogens is 128 g/mol. The molecule has 2 heteroatoms. The Bertz CT molecular complexity index is 165. The summed E-state index contributed by atoms with van der Waals surface area (Å²) in [5.41, 5.74) is 0. The molecule has 0 N–H and O–H groups in total. The van der Waals surface area contributed by atoms with Crippen LogP contribution in [-0.2, 0) is 9.53 Å². The van der Waals surface area contributed by atoms with E-state index in [1.54, 1.807) is 0 Å². The minimum atomic E-state index is 0.0503. The summed E-state index contributed by atoms with van der Waals surface area (Å²) < 4.78 is 4.93. The van der Waals surface area contributed by atoms with Crippen LogP contribution >= 0.6 is 0 Å². The summed E-state index contributed by atoms with van der Waals surface area (Å²) in [5.74, 6) is 1.61. The van der Waals surface area contributed by atoms with Crippen LogP contribution in [0.1, 0.15) is 19.8 Å². The normalized spacial score (nSPS) is 45.3. The fourth-order valence-corrected chi connectivity index (χ4v) is 2.17. The van der Waals surface area contributed by atoms with Gasteiger partial charge in [-0.2, -0.15) is 0 Å². The molecule has 1 aliphatic heterocycles. The molecule has 2 unspecified atom stereocenters. The lowest BCUT2D eigenvalue weighted by molar-refractivity contribution is -0.141. The van der Waals surface area contributed by atoms with Crippen molar-refractivity contribution in [3.8, 4) is 0 Å². The first-order valence-electron chi connectivity index (χ1n) is 3.94. The number of rotatable bonds is 0. The molecule has 2 nitrogen and oxygen atoms in total. The molecule has 0 aromatic carbocycles. The lowest BCUT2D eigenvalue weighted by Gasteiger charge is -2.00. The van der Waals surface area contributed by atoms with E-state index in [-0.39, 0.29) is 11.9 Å². The number of cyclic esters (lactones) is 1. The molecule has 0 aromatic rings. The maximum Gasteiger partial charge on any atom is 0.309 e. The fraction of sp³-hybridized carbons (Fsp3) is 0.875. The van der Waals surface area contributed by atoms with Gasteiger partial charge in [-0.15, -0.1) is 0 Å². The van der Waals surface area contributed by atoms with Crippen LogP contribution < -0.4 is 0 Å². The first-order valence-corrected chi connectivity index (χ1v) is 3.94. The maximum atomic E-state index is 11.0. The van der Waals surface area contributed by atoms with E-state index >= 15 is 0 Å². The van der Waals surface area contributed by atoms with Gasteiger partial charge in [0, 0.05) is 5.92 Å². The second kappa shape index (κ2) is 1.97. The zero-order chi connectivity index (χ0) is 7.14. The number of carbonyl (C=O) groups is 1. The quantitative estimate of drug-likeness (QED) is 0.473. The highest BCUT2D eigenvalue weighted by molar-refractivity contribution is 5.75. The molecule has 1 saturated heterocycles. The minimum Gasteiger partial charge on any atom is -0.465 e. The smallest absolute Gasteiger partial charge is 0.309 e. The standard InChI is InChI=1S/C8H12O2/c1-5-2-6-4-10-8(9)7(6)3-5/h5-7H,2-4H2,1H3/t5-,6?,7?/m0/s1.